The highest BCUT2D eigenvalue weighted by molar-refractivity contribution is 5.34. The Balaban J connectivity index is 2.06. The van der Waals surface area contributed by atoms with Gasteiger partial charge in [-0.25, -0.2) is 4.39 Å². The van der Waals surface area contributed by atoms with Crippen LogP contribution in [0.3, 0.4) is 0 Å². The fraction of sp³-hybridized carbons (Fsp3) is 0.571. The van der Waals surface area contributed by atoms with Crippen molar-refractivity contribution >= 4 is 0 Å². The first-order valence-electron chi connectivity index (χ1n) is 6.41. The SMILES string of the molecule is CC(C)NCc1cc(F)ccc1OC1CCOC1. The Labute approximate surface area is 107 Å². The molecular formula is C14H20FNO2. The van der Waals surface area contributed by atoms with Crippen LogP contribution in [0.1, 0.15) is 25.8 Å². The Morgan fingerprint density at radius 2 is 2.33 bits per heavy atom. The van der Waals surface area contributed by atoms with Crippen molar-refractivity contribution in [3.8, 4) is 5.75 Å². The number of ether oxygens (including phenoxy) is 2. The van der Waals surface area contributed by atoms with Crippen molar-refractivity contribution in [2.45, 2.75) is 39.0 Å². The second kappa shape index (κ2) is 6.16. The largest absolute Gasteiger partial charge is 0.488 e. The Kier molecular flexibility index (Phi) is 4.55. The monoisotopic (exact) mass is 253 g/mol. The van der Waals surface area contributed by atoms with Crippen molar-refractivity contribution < 1.29 is 13.9 Å². The van der Waals surface area contributed by atoms with Crippen LogP contribution >= 0.6 is 0 Å². The lowest BCUT2D eigenvalue weighted by Crippen LogP contribution is -2.23. The summed E-state index contributed by atoms with van der Waals surface area (Å²) in [5.41, 5.74) is 0.857. The van der Waals surface area contributed by atoms with E-state index in [-0.39, 0.29) is 11.9 Å². The molecule has 3 nitrogen and oxygen atoms in total. The van der Waals surface area contributed by atoms with Gasteiger partial charge < -0.3 is 14.8 Å². The molecule has 0 bridgehead atoms. The van der Waals surface area contributed by atoms with Crippen LogP contribution in [0, 0.1) is 5.82 Å². The zero-order valence-corrected chi connectivity index (χ0v) is 10.9. The predicted molar refractivity (Wildman–Crippen MR) is 68.2 cm³/mol. The third-order valence-corrected chi connectivity index (χ3v) is 2.90. The van der Waals surface area contributed by atoms with Gasteiger partial charge in [-0.05, 0) is 18.2 Å². The van der Waals surface area contributed by atoms with Crippen LogP contribution in [0.5, 0.6) is 5.75 Å². The number of halogens is 1. The molecule has 100 valence electrons. The van der Waals surface area contributed by atoms with E-state index in [1.54, 1.807) is 6.07 Å². The molecule has 4 heteroatoms. The van der Waals surface area contributed by atoms with Gasteiger partial charge in [0.05, 0.1) is 13.2 Å². The van der Waals surface area contributed by atoms with Gasteiger partial charge in [0.15, 0.2) is 0 Å². The first-order chi connectivity index (χ1) is 8.65. The van der Waals surface area contributed by atoms with Gasteiger partial charge in [-0.15, -0.1) is 0 Å². The zero-order valence-electron chi connectivity index (χ0n) is 10.9. The highest BCUT2D eigenvalue weighted by atomic mass is 19.1. The normalized spacial score (nSPS) is 19.4. The summed E-state index contributed by atoms with van der Waals surface area (Å²) >= 11 is 0. The summed E-state index contributed by atoms with van der Waals surface area (Å²) in [6.07, 6.45) is 0.988. The van der Waals surface area contributed by atoms with Crippen molar-refractivity contribution in [1.29, 1.82) is 0 Å². The van der Waals surface area contributed by atoms with Crippen LogP contribution < -0.4 is 10.1 Å². The van der Waals surface area contributed by atoms with E-state index < -0.39 is 0 Å². The second-order valence-corrected chi connectivity index (χ2v) is 4.89. The maximum atomic E-state index is 13.3. The number of rotatable bonds is 5. The van der Waals surface area contributed by atoms with E-state index in [0.29, 0.717) is 19.2 Å². The zero-order chi connectivity index (χ0) is 13.0. The fourth-order valence-corrected chi connectivity index (χ4v) is 1.90. The number of hydrogen-bond acceptors (Lipinski definition) is 3. The lowest BCUT2D eigenvalue weighted by molar-refractivity contribution is 0.140. The van der Waals surface area contributed by atoms with Crippen LogP contribution in [-0.2, 0) is 11.3 Å². The van der Waals surface area contributed by atoms with E-state index in [0.717, 1.165) is 24.3 Å². The minimum absolute atomic E-state index is 0.0910. The first-order valence-corrected chi connectivity index (χ1v) is 6.41. The summed E-state index contributed by atoms with van der Waals surface area (Å²) in [6.45, 7) is 6.09. The molecule has 0 amide bonds. The van der Waals surface area contributed by atoms with Crippen LogP contribution in [0.15, 0.2) is 18.2 Å². The van der Waals surface area contributed by atoms with Gasteiger partial charge >= 0.3 is 0 Å². The lowest BCUT2D eigenvalue weighted by atomic mass is 10.1. The van der Waals surface area contributed by atoms with Crippen molar-refractivity contribution in [2.24, 2.45) is 0 Å². The molecule has 0 saturated carbocycles. The topological polar surface area (TPSA) is 30.5 Å². The average molecular weight is 253 g/mol. The van der Waals surface area contributed by atoms with E-state index in [9.17, 15) is 4.39 Å². The molecule has 0 aromatic heterocycles. The minimum atomic E-state index is -0.231. The van der Waals surface area contributed by atoms with Crippen LogP contribution in [0.2, 0.25) is 0 Å². The van der Waals surface area contributed by atoms with Gasteiger partial charge in [-0.2, -0.15) is 0 Å². The third kappa shape index (κ3) is 3.68. The Hall–Kier alpha value is -1.13. The lowest BCUT2D eigenvalue weighted by Gasteiger charge is -2.17. The van der Waals surface area contributed by atoms with Gasteiger partial charge in [0.25, 0.3) is 0 Å². The third-order valence-electron chi connectivity index (χ3n) is 2.90. The Morgan fingerprint density at radius 3 is 3.00 bits per heavy atom. The molecule has 1 unspecified atom stereocenters. The van der Waals surface area contributed by atoms with Gasteiger partial charge in [-0.3, -0.25) is 0 Å². The van der Waals surface area contributed by atoms with E-state index in [2.05, 4.69) is 19.2 Å². The quantitative estimate of drug-likeness (QED) is 0.874. The summed E-state index contributed by atoms with van der Waals surface area (Å²) in [5, 5.41) is 3.28. The number of hydrogen-bond donors (Lipinski definition) is 1. The molecule has 1 aromatic carbocycles. The molecule has 1 N–H and O–H groups in total. The molecule has 0 aliphatic carbocycles. The van der Waals surface area contributed by atoms with E-state index >= 15 is 0 Å². The standard InChI is InChI=1S/C14H20FNO2/c1-10(2)16-8-11-7-12(15)3-4-14(11)18-13-5-6-17-9-13/h3-4,7,10,13,16H,5-6,8-9H2,1-2H3. The first kappa shape index (κ1) is 13.3. The molecule has 2 rings (SSSR count). The summed E-state index contributed by atoms with van der Waals surface area (Å²) in [6, 6.07) is 5.02. The maximum Gasteiger partial charge on any atom is 0.124 e. The molecule has 1 saturated heterocycles. The Morgan fingerprint density at radius 1 is 1.50 bits per heavy atom. The second-order valence-electron chi connectivity index (χ2n) is 4.89. The predicted octanol–water partition coefficient (Wildman–Crippen LogP) is 2.49. The molecule has 1 fully saturated rings. The Bertz CT molecular complexity index is 389. The molecule has 1 aliphatic rings. The summed E-state index contributed by atoms with van der Waals surface area (Å²) in [5.74, 6) is 0.519. The van der Waals surface area contributed by atoms with Crippen molar-refractivity contribution in [2.75, 3.05) is 13.2 Å². The molecule has 1 atom stereocenters. The molecule has 18 heavy (non-hydrogen) atoms. The average Bonchev–Trinajstić information content (AvgIpc) is 2.82. The van der Waals surface area contributed by atoms with Crippen LogP contribution in [0.4, 0.5) is 4.39 Å². The van der Waals surface area contributed by atoms with Crippen LogP contribution in [-0.4, -0.2) is 25.4 Å². The van der Waals surface area contributed by atoms with Crippen LogP contribution in [0.25, 0.3) is 0 Å². The number of benzene rings is 1. The minimum Gasteiger partial charge on any atom is -0.488 e. The molecule has 1 aromatic rings. The molecular weight excluding hydrogens is 233 g/mol. The maximum absolute atomic E-state index is 13.3. The molecule has 1 heterocycles. The van der Waals surface area contributed by atoms with Crippen molar-refractivity contribution in [1.82, 2.24) is 5.32 Å². The summed E-state index contributed by atoms with van der Waals surface area (Å²) < 4.78 is 24.4. The smallest absolute Gasteiger partial charge is 0.124 e. The molecule has 0 spiro atoms. The van der Waals surface area contributed by atoms with E-state index in [1.165, 1.54) is 12.1 Å². The highest BCUT2D eigenvalue weighted by Gasteiger charge is 2.18. The fourth-order valence-electron chi connectivity index (χ4n) is 1.90. The van der Waals surface area contributed by atoms with Gasteiger partial charge in [0, 0.05) is 24.6 Å². The van der Waals surface area contributed by atoms with Gasteiger partial charge in [-0.1, -0.05) is 13.8 Å². The van der Waals surface area contributed by atoms with Gasteiger partial charge in [0.2, 0.25) is 0 Å². The van der Waals surface area contributed by atoms with Gasteiger partial charge in [0.1, 0.15) is 17.7 Å². The summed E-state index contributed by atoms with van der Waals surface area (Å²) in [4.78, 5) is 0. The highest BCUT2D eigenvalue weighted by Crippen LogP contribution is 2.23. The van der Waals surface area contributed by atoms with Crippen molar-refractivity contribution in [3.05, 3.63) is 29.6 Å². The summed E-state index contributed by atoms with van der Waals surface area (Å²) in [7, 11) is 0. The molecule has 1 aliphatic heterocycles. The van der Waals surface area contributed by atoms with E-state index in [1.807, 2.05) is 0 Å². The van der Waals surface area contributed by atoms with Crippen molar-refractivity contribution in [3.63, 3.8) is 0 Å². The molecule has 0 radical (unpaired) electrons. The van der Waals surface area contributed by atoms with E-state index in [4.69, 9.17) is 9.47 Å². The number of nitrogens with one attached hydrogen (secondary N) is 1.